The summed E-state index contributed by atoms with van der Waals surface area (Å²) in [7, 11) is 1.59. The smallest absolute Gasteiger partial charge is 0.146 e. The molecule has 84 valence electrons. The topological polar surface area (TPSA) is 38.7 Å². The molecule has 0 unspecified atom stereocenters. The average Bonchev–Trinajstić information content (AvgIpc) is 2.17. The van der Waals surface area contributed by atoms with Crippen molar-refractivity contribution in [2.24, 2.45) is 0 Å². The van der Waals surface area contributed by atoms with Gasteiger partial charge in [-0.05, 0) is 25.0 Å². The van der Waals surface area contributed by atoms with Crippen LogP contribution in [0.25, 0.3) is 0 Å². The van der Waals surface area contributed by atoms with E-state index in [-0.39, 0.29) is 6.79 Å². The molecule has 3 heteroatoms. The van der Waals surface area contributed by atoms with Crippen molar-refractivity contribution < 1.29 is 14.6 Å². The summed E-state index contributed by atoms with van der Waals surface area (Å²) in [4.78, 5) is 0. The van der Waals surface area contributed by atoms with Gasteiger partial charge < -0.3 is 14.6 Å². The van der Waals surface area contributed by atoms with Crippen LogP contribution in [0.15, 0.2) is 24.3 Å². The molecule has 1 N–H and O–H groups in total. The van der Waals surface area contributed by atoms with Gasteiger partial charge in [0.2, 0.25) is 0 Å². The molecule has 0 amide bonds. The van der Waals surface area contributed by atoms with Crippen molar-refractivity contribution in [3.8, 4) is 0 Å². The van der Waals surface area contributed by atoms with Gasteiger partial charge in [0.25, 0.3) is 0 Å². The highest BCUT2D eigenvalue weighted by atomic mass is 16.7. The zero-order valence-corrected chi connectivity index (χ0v) is 9.49. The zero-order chi connectivity index (χ0) is 11.3. The third-order valence-corrected chi connectivity index (χ3v) is 2.10. The van der Waals surface area contributed by atoms with Crippen molar-refractivity contribution in [2.75, 3.05) is 13.9 Å². The lowest BCUT2D eigenvalue weighted by Gasteiger charge is -2.18. The summed E-state index contributed by atoms with van der Waals surface area (Å²) >= 11 is 0. The quantitative estimate of drug-likeness (QED) is 0.597. The number of rotatable bonds is 5. The highest BCUT2D eigenvalue weighted by Crippen LogP contribution is 2.20. The molecule has 0 aliphatic rings. The molecule has 0 bridgehead atoms. The first kappa shape index (κ1) is 12.2. The third kappa shape index (κ3) is 4.00. The Labute approximate surface area is 90.6 Å². The third-order valence-electron chi connectivity index (χ3n) is 2.10. The number of hydrogen-bond donors (Lipinski definition) is 1. The van der Waals surface area contributed by atoms with Gasteiger partial charge in [0.15, 0.2) is 0 Å². The minimum Gasteiger partial charge on any atom is -0.386 e. The average molecular weight is 210 g/mol. The molecule has 0 radical (unpaired) electrons. The number of benzene rings is 1. The number of aliphatic hydroxyl groups is 1. The van der Waals surface area contributed by atoms with Crippen LogP contribution in [0.5, 0.6) is 0 Å². The number of ether oxygens (including phenoxy) is 2. The number of methoxy groups -OCH3 is 1. The van der Waals surface area contributed by atoms with Crippen molar-refractivity contribution in [1.82, 2.24) is 0 Å². The highest BCUT2D eigenvalue weighted by Gasteiger charge is 2.15. The van der Waals surface area contributed by atoms with Crippen LogP contribution < -0.4 is 0 Å². The second kappa shape index (κ2) is 5.26. The van der Waals surface area contributed by atoms with Gasteiger partial charge in [0.1, 0.15) is 6.79 Å². The van der Waals surface area contributed by atoms with Gasteiger partial charge in [-0.25, -0.2) is 0 Å². The van der Waals surface area contributed by atoms with Crippen molar-refractivity contribution in [3.05, 3.63) is 35.4 Å². The Morgan fingerprint density at radius 2 is 2.07 bits per heavy atom. The van der Waals surface area contributed by atoms with Crippen LogP contribution in [0.2, 0.25) is 0 Å². The Morgan fingerprint density at radius 1 is 1.33 bits per heavy atom. The normalized spacial score (nSPS) is 11.7. The molecule has 0 aliphatic heterocycles. The van der Waals surface area contributed by atoms with Crippen LogP contribution in [-0.2, 0) is 21.7 Å². The first-order valence-corrected chi connectivity index (χ1v) is 4.92. The molecule has 15 heavy (non-hydrogen) atoms. The van der Waals surface area contributed by atoms with Crippen LogP contribution in [-0.4, -0.2) is 19.0 Å². The predicted octanol–water partition coefficient (Wildman–Crippen LogP) is 2.03. The monoisotopic (exact) mass is 210 g/mol. The largest absolute Gasteiger partial charge is 0.386 e. The molecule has 0 saturated heterocycles. The van der Waals surface area contributed by atoms with Gasteiger partial charge in [-0.2, -0.15) is 0 Å². The number of hydrogen-bond acceptors (Lipinski definition) is 3. The van der Waals surface area contributed by atoms with Crippen LogP contribution in [0, 0.1) is 0 Å². The van der Waals surface area contributed by atoms with E-state index in [2.05, 4.69) is 0 Å². The molecule has 0 heterocycles. The Bertz CT molecular complexity index is 302. The summed E-state index contributed by atoms with van der Waals surface area (Å²) in [6.45, 7) is 4.31. The first-order valence-electron chi connectivity index (χ1n) is 4.92. The van der Waals surface area contributed by atoms with Gasteiger partial charge in [0, 0.05) is 7.11 Å². The van der Waals surface area contributed by atoms with E-state index in [1.54, 1.807) is 21.0 Å². The fourth-order valence-corrected chi connectivity index (χ4v) is 1.28. The summed E-state index contributed by atoms with van der Waals surface area (Å²) in [6.07, 6.45) is 0. The molecule has 0 saturated carbocycles. The van der Waals surface area contributed by atoms with Gasteiger partial charge in [-0.15, -0.1) is 0 Å². The highest BCUT2D eigenvalue weighted by molar-refractivity contribution is 5.26. The zero-order valence-electron chi connectivity index (χ0n) is 9.49. The molecule has 3 nitrogen and oxygen atoms in total. The van der Waals surface area contributed by atoms with Crippen LogP contribution in [0.1, 0.15) is 25.0 Å². The van der Waals surface area contributed by atoms with Crippen LogP contribution in [0.4, 0.5) is 0 Å². The van der Waals surface area contributed by atoms with Crippen molar-refractivity contribution in [2.45, 2.75) is 26.1 Å². The Morgan fingerprint density at radius 3 is 2.67 bits per heavy atom. The maximum absolute atomic E-state index is 9.82. The Hall–Kier alpha value is -0.900. The van der Waals surface area contributed by atoms with Crippen molar-refractivity contribution >= 4 is 0 Å². The minimum atomic E-state index is -0.808. The lowest BCUT2D eigenvalue weighted by atomic mass is 9.97. The summed E-state index contributed by atoms with van der Waals surface area (Å²) in [6, 6.07) is 7.72. The van der Waals surface area contributed by atoms with Gasteiger partial charge in [-0.3, -0.25) is 0 Å². The SMILES string of the molecule is COCOCc1cccc(C(C)(C)O)c1. The molecule has 1 aromatic rings. The standard InChI is InChI=1S/C12H18O3/c1-12(2,13)11-6-4-5-10(7-11)8-15-9-14-3/h4-7,13H,8-9H2,1-3H3. The first-order chi connectivity index (χ1) is 7.04. The minimum absolute atomic E-state index is 0.284. The van der Waals surface area contributed by atoms with Gasteiger partial charge in [-0.1, -0.05) is 24.3 Å². The van der Waals surface area contributed by atoms with Crippen molar-refractivity contribution in [3.63, 3.8) is 0 Å². The van der Waals surface area contributed by atoms with E-state index in [1.165, 1.54) is 0 Å². The Kier molecular flexibility index (Phi) is 4.27. The molecular formula is C12H18O3. The Balaban J connectivity index is 2.66. The molecule has 1 aromatic carbocycles. The summed E-state index contributed by atoms with van der Waals surface area (Å²) < 4.78 is 10.0. The van der Waals surface area contributed by atoms with Gasteiger partial charge in [0.05, 0.1) is 12.2 Å². The van der Waals surface area contributed by atoms with E-state index in [9.17, 15) is 5.11 Å². The van der Waals surface area contributed by atoms with E-state index >= 15 is 0 Å². The van der Waals surface area contributed by atoms with E-state index < -0.39 is 5.60 Å². The van der Waals surface area contributed by atoms with Crippen molar-refractivity contribution in [1.29, 1.82) is 0 Å². The maximum atomic E-state index is 9.82. The molecule has 0 atom stereocenters. The van der Waals surface area contributed by atoms with Gasteiger partial charge >= 0.3 is 0 Å². The maximum Gasteiger partial charge on any atom is 0.146 e. The molecule has 0 aromatic heterocycles. The summed E-state index contributed by atoms with van der Waals surface area (Å²) in [5, 5.41) is 9.82. The van der Waals surface area contributed by atoms with E-state index in [4.69, 9.17) is 9.47 Å². The van der Waals surface area contributed by atoms with E-state index in [0.29, 0.717) is 6.61 Å². The molecule has 1 rings (SSSR count). The van der Waals surface area contributed by atoms with E-state index in [0.717, 1.165) is 11.1 Å². The predicted molar refractivity (Wildman–Crippen MR) is 58.4 cm³/mol. The van der Waals surface area contributed by atoms with E-state index in [1.807, 2.05) is 24.3 Å². The molecule has 0 spiro atoms. The molecule has 0 fully saturated rings. The lowest BCUT2D eigenvalue weighted by Crippen LogP contribution is -2.15. The summed E-state index contributed by atoms with van der Waals surface area (Å²) in [5.74, 6) is 0. The lowest BCUT2D eigenvalue weighted by molar-refractivity contribution is -0.0391. The molecule has 0 aliphatic carbocycles. The summed E-state index contributed by atoms with van der Waals surface area (Å²) in [5.41, 5.74) is 1.12. The fourth-order valence-electron chi connectivity index (χ4n) is 1.28. The van der Waals surface area contributed by atoms with Crippen LogP contribution >= 0.6 is 0 Å². The second-order valence-corrected chi connectivity index (χ2v) is 4.01. The second-order valence-electron chi connectivity index (χ2n) is 4.01. The van der Waals surface area contributed by atoms with Crippen LogP contribution in [0.3, 0.4) is 0 Å². The fraction of sp³-hybridized carbons (Fsp3) is 0.500. The molecular weight excluding hydrogens is 192 g/mol.